The number of Topliss-reactive ketones (excluding diaryl/α,β-unsaturated/α-hetero) is 1. The molecular formula is C22H17N3OS3. The van der Waals surface area contributed by atoms with E-state index < -0.39 is 0 Å². The molecular weight excluding hydrogens is 418 g/mol. The zero-order valence-electron chi connectivity index (χ0n) is 15.5. The van der Waals surface area contributed by atoms with Crippen LogP contribution in [-0.4, -0.2) is 26.7 Å². The van der Waals surface area contributed by atoms with Crippen molar-refractivity contribution >= 4 is 40.2 Å². The van der Waals surface area contributed by atoms with Gasteiger partial charge in [-0.05, 0) is 59.3 Å². The first-order chi connectivity index (χ1) is 14.3. The summed E-state index contributed by atoms with van der Waals surface area (Å²) >= 11 is 4.59. The van der Waals surface area contributed by atoms with E-state index in [0.29, 0.717) is 10.9 Å². The summed E-state index contributed by atoms with van der Waals surface area (Å²) in [5.41, 5.74) is 7.11. The number of aryl methyl sites for hydroxylation is 2. The van der Waals surface area contributed by atoms with Gasteiger partial charge in [0.2, 0.25) is 5.16 Å². The Hall–Kier alpha value is -2.35. The highest BCUT2D eigenvalue weighted by molar-refractivity contribution is 7.99. The second kappa shape index (κ2) is 8.18. The van der Waals surface area contributed by atoms with Crippen LogP contribution >= 0.6 is 34.4 Å². The molecule has 4 aromatic rings. The number of hydrogen-bond acceptors (Lipinski definition) is 7. The van der Waals surface area contributed by atoms with Gasteiger partial charge in [-0.2, -0.15) is 22.7 Å². The maximum absolute atomic E-state index is 12.7. The molecule has 0 radical (unpaired) electrons. The van der Waals surface area contributed by atoms with E-state index in [2.05, 4.69) is 27.7 Å². The van der Waals surface area contributed by atoms with Crippen molar-refractivity contribution in [1.82, 2.24) is 15.2 Å². The number of ketones is 1. The largest absolute Gasteiger partial charge is 0.293 e. The number of thioether (sulfide) groups is 1. The summed E-state index contributed by atoms with van der Waals surface area (Å²) in [5.74, 6) is 0.411. The molecule has 0 atom stereocenters. The third-order valence-electron chi connectivity index (χ3n) is 5.01. The Bertz CT molecular complexity index is 1150. The molecule has 7 heteroatoms. The molecule has 0 spiro atoms. The predicted octanol–water partition coefficient (Wildman–Crippen LogP) is 5.79. The first kappa shape index (κ1) is 18.7. The van der Waals surface area contributed by atoms with E-state index >= 15 is 0 Å². The zero-order chi connectivity index (χ0) is 19.6. The minimum absolute atomic E-state index is 0.104. The van der Waals surface area contributed by atoms with Gasteiger partial charge in [0.1, 0.15) is 11.4 Å². The van der Waals surface area contributed by atoms with Gasteiger partial charge in [-0.3, -0.25) is 4.79 Å². The summed E-state index contributed by atoms with van der Waals surface area (Å²) in [6, 6.07) is 10.2. The van der Waals surface area contributed by atoms with Crippen LogP contribution in [0.2, 0.25) is 0 Å². The summed E-state index contributed by atoms with van der Waals surface area (Å²) in [6.45, 7) is 0. The Labute approximate surface area is 181 Å². The van der Waals surface area contributed by atoms with Gasteiger partial charge in [-0.1, -0.05) is 23.9 Å². The molecule has 3 aromatic heterocycles. The van der Waals surface area contributed by atoms with Crippen LogP contribution in [-0.2, 0) is 12.8 Å². The topological polar surface area (TPSA) is 55.7 Å². The fraction of sp³-hybridized carbons (Fsp3) is 0.182. The van der Waals surface area contributed by atoms with Crippen molar-refractivity contribution in [3.8, 4) is 22.5 Å². The fourth-order valence-corrected chi connectivity index (χ4v) is 5.49. The van der Waals surface area contributed by atoms with E-state index in [9.17, 15) is 4.79 Å². The average Bonchev–Trinajstić information content (AvgIpc) is 3.53. The van der Waals surface area contributed by atoms with Crippen LogP contribution in [0.5, 0.6) is 0 Å². The Morgan fingerprint density at radius 2 is 1.69 bits per heavy atom. The molecule has 29 heavy (non-hydrogen) atoms. The van der Waals surface area contributed by atoms with Gasteiger partial charge in [-0.25, -0.2) is 4.98 Å². The summed E-state index contributed by atoms with van der Waals surface area (Å²) in [6.07, 6.45) is 3.38. The lowest BCUT2D eigenvalue weighted by Gasteiger charge is -2.07. The number of fused-ring (bicyclic) bond motifs is 1. The Balaban J connectivity index is 1.38. The van der Waals surface area contributed by atoms with Crippen molar-refractivity contribution < 1.29 is 4.79 Å². The minimum atomic E-state index is 0.104. The van der Waals surface area contributed by atoms with Gasteiger partial charge in [-0.15, -0.1) is 10.2 Å². The average molecular weight is 436 g/mol. The fourth-order valence-electron chi connectivity index (χ4n) is 3.53. The molecule has 0 fully saturated rings. The van der Waals surface area contributed by atoms with Crippen LogP contribution < -0.4 is 0 Å². The molecule has 1 aliphatic carbocycles. The first-order valence-corrected chi connectivity index (χ1v) is 12.2. The molecule has 0 saturated heterocycles. The van der Waals surface area contributed by atoms with E-state index in [-0.39, 0.29) is 5.78 Å². The minimum Gasteiger partial charge on any atom is -0.293 e. The van der Waals surface area contributed by atoms with Crippen molar-refractivity contribution in [3.05, 3.63) is 68.5 Å². The molecule has 0 unspecified atom stereocenters. The lowest BCUT2D eigenvalue weighted by molar-refractivity contribution is 0.102. The Kier molecular flexibility index (Phi) is 5.26. The summed E-state index contributed by atoms with van der Waals surface area (Å²) < 4.78 is 0. The Morgan fingerprint density at radius 1 is 0.931 bits per heavy atom. The lowest BCUT2D eigenvalue weighted by Crippen LogP contribution is -2.05. The van der Waals surface area contributed by atoms with Crippen LogP contribution in [0.3, 0.4) is 0 Å². The number of rotatable bonds is 6. The van der Waals surface area contributed by atoms with Crippen molar-refractivity contribution in [2.24, 2.45) is 0 Å². The molecule has 0 saturated carbocycles. The number of nitrogens with zero attached hydrogens (tertiary/aromatic N) is 3. The van der Waals surface area contributed by atoms with Crippen LogP contribution in [0.4, 0.5) is 0 Å². The van der Waals surface area contributed by atoms with E-state index in [4.69, 9.17) is 4.98 Å². The Morgan fingerprint density at radius 3 is 2.45 bits per heavy atom. The van der Waals surface area contributed by atoms with Gasteiger partial charge in [0.25, 0.3) is 0 Å². The molecule has 1 aliphatic rings. The van der Waals surface area contributed by atoms with Gasteiger partial charge >= 0.3 is 0 Å². The van der Waals surface area contributed by atoms with Gasteiger partial charge in [0, 0.05) is 27.5 Å². The third-order valence-corrected chi connectivity index (χ3v) is 7.21. The number of hydrogen-bond donors (Lipinski definition) is 0. The second-order valence-electron chi connectivity index (χ2n) is 6.86. The lowest BCUT2D eigenvalue weighted by atomic mass is 10.0. The molecule has 0 bridgehead atoms. The van der Waals surface area contributed by atoms with Gasteiger partial charge < -0.3 is 0 Å². The van der Waals surface area contributed by atoms with E-state index in [1.54, 1.807) is 22.7 Å². The van der Waals surface area contributed by atoms with Crippen LogP contribution in [0.1, 0.15) is 27.9 Å². The van der Waals surface area contributed by atoms with Crippen molar-refractivity contribution in [2.75, 3.05) is 5.75 Å². The highest BCUT2D eigenvalue weighted by Gasteiger charge is 2.17. The molecule has 3 heterocycles. The number of carbonyl (C=O) groups excluding carboxylic acids is 1. The predicted molar refractivity (Wildman–Crippen MR) is 120 cm³/mol. The highest BCUT2D eigenvalue weighted by Crippen LogP contribution is 2.32. The number of carbonyl (C=O) groups is 1. The van der Waals surface area contributed by atoms with Crippen LogP contribution in [0, 0.1) is 0 Å². The zero-order valence-corrected chi connectivity index (χ0v) is 17.9. The molecule has 0 amide bonds. The normalized spacial score (nSPS) is 12.8. The molecule has 0 aliphatic heterocycles. The van der Waals surface area contributed by atoms with Crippen LogP contribution in [0.15, 0.2) is 57.0 Å². The molecule has 5 rings (SSSR count). The summed E-state index contributed by atoms with van der Waals surface area (Å²) in [4.78, 5) is 17.4. The monoisotopic (exact) mass is 435 g/mol. The second-order valence-corrected chi connectivity index (χ2v) is 9.37. The maximum Gasteiger partial charge on any atom is 0.210 e. The number of thiophene rings is 2. The summed E-state index contributed by atoms with van der Waals surface area (Å²) in [5, 5.41) is 17.4. The molecule has 4 nitrogen and oxygen atoms in total. The van der Waals surface area contributed by atoms with Crippen molar-refractivity contribution in [1.29, 1.82) is 0 Å². The smallest absolute Gasteiger partial charge is 0.210 e. The first-order valence-electron chi connectivity index (χ1n) is 9.35. The quantitative estimate of drug-likeness (QED) is 0.283. The van der Waals surface area contributed by atoms with Gasteiger partial charge in [0.05, 0.1) is 5.75 Å². The van der Waals surface area contributed by atoms with E-state index in [1.165, 1.54) is 29.3 Å². The summed E-state index contributed by atoms with van der Waals surface area (Å²) in [7, 11) is 0. The SMILES string of the molecule is O=C(CSc1nnc(-c2ccsc2)c(-c2ccsc2)n1)c1ccc2c(c1)CCC2. The number of aromatic nitrogens is 3. The van der Waals surface area contributed by atoms with E-state index in [0.717, 1.165) is 40.9 Å². The molecule has 0 N–H and O–H groups in total. The highest BCUT2D eigenvalue weighted by atomic mass is 32.2. The number of benzene rings is 1. The van der Waals surface area contributed by atoms with Crippen molar-refractivity contribution in [2.45, 2.75) is 24.4 Å². The third kappa shape index (κ3) is 3.90. The van der Waals surface area contributed by atoms with Gasteiger partial charge in [0.15, 0.2) is 5.78 Å². The van der Waals surface area contributed by atoms with Crippen LogP contribution in [0.25, 0.3) is 22.5 Å². The molecule has 1 aromatic carbocycles. The molecule has 144 valence electrons. The van der Waals surface area contributed by atoms with E-state index in [1.807, 2.05) is 34.3 Å². The van der Waals surface area contributed by atoms with Crippen molar-refractivity contribution in [3.63, 3.8) is 0 Å². The maximum atomic E-state index is 12.7. The standard InChI is InChI=1S/C22H17N3OS3/c26-19(16-5-4-14-2-1-3-15(14)10-16)13-29-22-23-20(17-6-8-27-11-17)21(24-25-22)18-7-9-28-12-18/h4-12H,1-3,13H2.